The molecule has 2 aromatic carbocycles. The predicted octanol–water partition coefficient (Wildman–Crippen LogP) is 4.04. The molecule has 0 aliphatic heterocycles. The molecule has 3 heterocycles. The molecule has 0 saturated carbocycles. The number of aromatic hydroxyl groups is 1. The van der Waals surface area contributed by atoms with Gasteiger partial charge in [0.25, 0.3) is 0 Å². The molecule has 5 aromatic rings. The number of imidazole rings is 1. The standard InChI is InChI=1S/C24H22N6O2/c25-23-22-21(17-5-7-19(31)8-6-17)14-30(24(22)28-15-27-23)18-3-1-4-20(13-18)32-12-2-10-29-11-9-26-16-29/h1,3-9,11,13-16,31H,2,10,12H2,(H2,25,27,28). The van der Waals surface area contributed by atoms with Gasteiger partial charge in [0.15, 0.2) is 5.65 Å². The summed E-state index contributed by atoms with van der Waals surface area (Å²) in [7, 11) is 0. The Morgan fingerprint density at radius 3 is 2.75 bits per heavy atom. The maximum atomic E-state index is 9.65. The number of aromatic nitrogens is 5. The zero-order chi connectivity index (χ0) is 21.9. The minimum atomic E-state index is 0.208. The van der Waals surface area contributed by atoms with Crippen molar-refractivity contribution < 1.29 is 9.84 Å². The van der Waals surface area contributed by atoms with Crippen LogP contribution in [0.5, 0.6) is 11.5 Å². The van der Waals surface area contributed by atoms with Gasteiger partial charge >= 0.3 is 0 Å². The number of hydrogen-bond acceptors (Lipinski definition) is 6. The highest BCUT2D eigenvalue weighted by Crippen LogP contribution is 2.35. The second-order valence-corrected chi connectivity index (χ2v) is 7.42. The Labute approximate surface area is 184 Å². The van der Waals surface area contributed by atoms with E-state index in [9.17, 15) is 5.11 Å². The molecule has 0 bridgehead atoms. The molecule has 3 N–H and O–H groups in total. The van der Waals surface area contributed by atoms with Crippen molar-refractivity contribution in [2.45, 2.75) is 13.0 Å². The zero-order valence-corrected chi connectivity index (χ0v) is 17.3. The molecule has 8 nitrogen and oxygen atoms in total. The largest absolute Gasteiger partial charge is 0.508 e. The number of benzene rings is 2. The quantitative estimate of drug-likeness (QED) is 0.381. The third-order valence-corrected chi connectivity index (χ3v) is 5.27. The number of rotatable bonds is 7. The first-order valence-corrected chi connectivity index (χ1v) is 10.3. The molecule has 8 heteroatoms. The molecule has 32 heavy (non-hydrogen) atoms. The highest BCUT2D eigenvalue weighted by Gasteiger charge is 2.16. The lowest BCUT2D eigenvalue weighted by molar-refractivity contribution is 0.301. The van der Waals surface area contributed by atoms with Crippen LogP contribution < -0.4 is 10.5 Å². The summed E-state index contributed by atoms with van der Waals surface area (Å²) in [5.74, 6) is 1.39. The fraction of sp³-hybridized carbons (Fsp3) is 0.125. The van der Waals surface area contributed by atoms with Crippen LogP contribution in [0.3, 0.4) is 0 Å². The van der Waals surface area contributed by atoms with Crippen molar-refractivity contribution in [1.82, 2.24) is 24.1 Å². The SMILES string of the molecule is Nc1ncnc2c1c(-c1ccc(O)cc1)cn2-c1cccc(OCCCn2ccnc2)c1. The summed E-state index contributed by atoms with van der Waals surface area (Å²) in [5, 5.41) is 10.4. The van der Waals surface area contributed by atoms with Crippen LogP contribution >= 0.6 is 0 Å². The smallest absolute Gasteiger partial charge is 0.150 e. The van der Waals surface area contributed by atoms with Gasteiger partial charge in [-0.2, -0.15) is 0 Å². The highest BCUT2D eigenvalue weighted by molar-refractivity contribution is 6.01. The summed E-state index contributed by atoms with van der Waals surface area (Å²) < 4.78 is 9.98. The van der Waals surface area contributed by atoms with Gasteiger partial charge in [-0.3, -0.25) is 0 Å². The Morgan fingerprint density at radius 1 is 1.06 bits per heavy atom. The van der Waals surface area contributed by atoms with Crippen LogP contribution in [0.1, 0.15) is 6.42 Å². The number of nitrogen functional groups attached to an aromatic ring is 1. The molecule has 5 rings (SSSR count). The molecule has 0 unspecified atom stereocenters. The number of nitrogens with two attached hydrogens (primary N) is 1. The summed E-state index contributed by atoms with van der Waals surface area (Å²) >= 11 is 0. The fourth-order valence-corrected chi connectivity index (χ4v) is 3.72. The molecule has 0 amide bonds. The lowest BCUT2D eigenvalue weighted by atomic mass is 10.1. The van der Waals surface area contributed by atoms with E-state index in [0.29, 0.717) is 18.1 Å². The molecule has 0 radical (unpaired) electrons. The third-order valence-electron chi connectivity index (χ3n) is 5.27. The molecular formula is C24H22N6O2. The number of phenolic OH excluding ortho intramolecular Hbond substituents is 1. The zero-order valence-electron chi connectivity index (χ0n) is 17.3. The maximum Gasteiger partial charge on any atom is 0.150 e. The van der Waals surface area contributed by atoms with Crippen molar-refractivity contribution in [3.05, 3.63) is 79.8 Å². The molecule has 0 spiro atoms. The summed E-state index contributed by atoms with van der Waals surface area (Å²) in [6.45, 7) is 1.45. The Balaban J connectivity index is 1.45. The Bertz CT molecular complexity index is 1340. The number of aryl methyl sites for hydroxylation is 1. The van der Waals surface area contributed by atoms with Gasteiger partial charge in [-0.15, -0.1) is 0 Å². The van der Waals surface area contributed by atoms with E-state index in [1.54, 1.807) is 24.7 Å². The Hall–Kier alpha value is -4.33. The van der Waals surface area contributed by atoms with Crippen molar-refractivity contribution in [3.63, 3.8) is 0 Å². The van der Waals surface area contributed by atoms with Crippen LogP contribution in [-0.4, -0.2) is 35.8 Å². The number of phenols is 1. The van der Waals surface area contributed by atoms with E-state index in [0.717, 1.165) is 40.9 Å². The average Bonchev–Trinajstić information content (AvgIpc) is 3.46. The monoisotopic (exact) mass is 426 g/mol. The second-order valence-electron chi connectivity index (χ2n) is 7.42. The lowest BCUT2D eigenvalue weighted by Gasteiger charge is -2.10. The minimum absolute atomic E-state index is 0.208. The van der Waals surface area contributed by atoms with Crippen molar-refractivity contribution in [1.29, 1.82) is 0 Å². The van der Waals surface area contributed by atoms with E-state index in [2.05, 4.69) is 15.0 Å². The average molecular weight is 426 g/mol. The van der Waals surface area contributed by atoms with Gasteiger partial charge < -0.3 is 24.7 Å². The Kier molecular flexibility index (Phi) is 5.17. The lowest BCUT2D eigenvalue weighted by Crippen LogP contribution is -2.03. The number of hydrogen-bond donors (Lipinski definition) is 2. The molecule has 0 fully saturated rings. The summed E-state index contributed by atoms with van der Waals surface area (Å²) in [6.07, 6.45) is 9.84. The van der Waals surface area contributed by atoms with E-state index in [1.165, 1.54) is 6.33 Å². The predicted molar refractivity (Wildman–Crippen MR) is 123 cm³/mol. The summed E-state index contributed by atoms with van der Waals surface area (Å²) in [6, 6.07) is 14.9. The topological polar surface area (TPSA) is 104 Å². The molecular weight excluding hydrogens is 404 g/mol. The van der Waals surface area contributed by atoms with Crippen molar-refractivity contribution in [2.75, 3.05) is 12.3 Å². The van der Waals surface area contributed by atoms with Gasteiger partial charge in [0.05, 0.1) is 24.0 Å². The first-order chi connectivity index (χ1) is 15.7. The van der Waals surface area contributed by atoms with Crippen molar-refractivity contribution in [3.8, 4) is 28.3 Å². The summed E-state index contributed by atoms with van der Waals surface area (Å²) in [5.41, 5.74) is 9.65. The van der Waals surface area contributed by atoms with Gasteiger partial charge in [0.1, 0.15) is 23.6 Å². The number of fused-ring (bicyclic) bond motifs is 1. The maximum absolute atomic E-state index is 9.65. The van der Waals surface area contributed by atoms with Gasteiger partial charge in [-0.25, -0.2) is 15.0 Å². The molecule has 0 saturated heterocycles. The molecule has 3 aromatic heterocycles. The Morgan fingerprint density at radius 2 is 1.94 bits per heavy atom. The third kappa shape index (κ3) is 3.85. The van der Waals surface area contributed by atoms with Crippen LogP contribution in [-0.2, 0) is 6.54 Å². The second kappa shape index (κ2) is 8.43. The number of nitrogens with zero attached hydrogens (tertiary/aromatic N) is 5. The molecule has 0 atom stereocenters. The molecule has 0 aliphatic rings. The fourth-order valence-electron chi connectivity index (χ4n) is 3.72. The van der Waals surface area contributed by atoms with E-state index in [-0.39, 0.29) is 5.75 Å². The van der Waals surface area contributed by atoms with Gasteiger partial charge in [-0.05, 0) is 36.2 Å². The van der Waals surface area contributed by atoms with Crippen molar-refractivity contribution >= 4 is 16.9 Å². The number of anilines is 1. The van der Waals surface area contributed by atoms with Crippen LogP contribution in [0.25, 0.3) is 27.8 Å². The van der Waals surface area contributed by atoms with Gasteiger partial charge in [-0.1, -0.05) is 18.2 Å². The number of ether oxygens (including phenoxy) is 1. The van der Waals surface area contributed by atoms with Gasteiger partial charge in [0.2, 0.25) is 0 Å². The highest BCUT2D eigenvalue weighted by atomic mass is 16.5. The first kappa shape index (κ1) is 19.6. The minimum Gasteiger partial charge on any atom is -0.508 e. The van der Waals surface area contributed by atoms with Crippen LogP contribution in [0.2, 0.25) is 0 Å². The van der Waals surface area contributed by atoms with E-state index >= 15 is 0 Å². The van der Waals surface area contributed by atoms with E-state index in [4.69, 9.17) is 10.5 Å². The van der Waals surface area contributed by atoms with Crippen LogP contribution in [0.4, 0.5) is 5.82 Å². The molecule has 0 aliphatic carbocycles. The molecule has 160 valence electrons. The van der Waals surface area contributed by atoms with Crippen molar-refractivity contribution in [2.24, 2.45) is 0 Å². The first-order valence-electron chi connectivity index (χ1n) is 10.3. The van der Waals surface area contributed by atoms with Crippen LogP contribution in [0, 0.1) is 0 Å². The summed E-state index contributed by atoms with van der Waals surface area (Å²) in [4.78, 5) is 12.7. The van der Waals surface area contributed by atoms with E-state index < -0.39 is 0 Å². The van der Waals surface area contributed by atoms with Crippen LogP contribution in [0.15, 0.2) is 79.8 Å². The van der Waals surface area contributed by atoms with Gasteiger partial charge in [0, 0.05) is 36.8 Å². The normalized spacial score (nSPS) is 11.1. The van der Waals surface area contributed by atoms with E-state index in [1.807, 2.05) is 57.9 Å².